The summed E-state index contributed by atoms with van der Waals surface area (Å²) in [5, 5.41) is 0.902. The van der Waals surface area contributed by atoms with Gasteiger partial charge in [0.25, 0.3) is 10.1 Å². The number of fused-ring (bicyclic) bond motifs is 1. The zero-order chi connectivity index (χ0) is 14.4. The Kier molecular flexibility index (Phi) is 3.23. The number of ether oxygens (including phenoxy) is 1. The molecule has 5 nitrogen and oxygen atoms in total. The van der Waals surface area contributed by atoms with Crippen LogP contribution in [0.1, 0.15) is 12.8 Å². The lowest BCUT2D eigenvalue weighted by Crippen LogP contribution is -2.28. The average molecular weight is 358 g/mol. The van der Waals surface area contributed by atoms with Crippen LogP contribution in [0.25, 0.3) is 10.9 Å². The van der Waals surface area contributed by atoms with E-state index in [1.807, 2.05) is 24.3 Å². The summed E-state index contributed by atoms with van der Waals surface area (Å²) in [5.41, 5.74) is 0.0368. The van der Waals surface area contributed by atoms with E-state index in [1.54, 1.807) is 6.20 Å². The van der Waals surface area contributed by atoms with Gasteiger partial charge < -0.3 is 4.74 Å². The zero-order valence-corrected chi connectivity index (χ0v) is 12.8. The topological polar surface area (TPSA) is 76.5 Å². The number of halogens is 1. The average Bonchev–Trinajstić information content (AvgIpc) is 3.05. The first-order valence-electron chi connectivity index (χ1n) is 6.05. The van der Waals surface area contributed by atoms with Crippen molar-refractivity contribution in [3.63, 3.8) is 0 Å². The van der Waals surface area contributed by atoms with Crippen LogP contribution in [0.3, 0.4) is 0 Å². The third-order valence-electron chi connectivity index (χ3n) is 3.21. The van der Waals surface area contributed by atoms with E-state index in [0.717, 1.165) is 15.4 Å². The molecule has 0 amide bonds. The summed E-state index contributed by atoms with van der Waals surface area (Å²) in [5.74, 6) is 0.132. The Hall–Kier alpha value is -1.18. The van der Waals surface area contributed by atoms with Crippen LogP contribution in [0.4, 0.5) is 0 Å². The first-order chi connectivity index (χ1) is 9.35. The van der Waals surface area contributed by atoms with E-state index in [0.29, 0.717) is 18.6 Å². The highest BCUT2D eigenvalue weighted by molar-refractivity contribution is 9.10. The van der Waals surface area contributed by atoms with E-state index in [-0.39, 0.29) is 5.75 Å². The summed E-state index contributed by atoms with van der Waals surface area (Å²) in [7, 11) is -4.04. The second kappa shape index (κ2) is 4.68. The fourth-order valence-electron chi connectivity index (χ4n) is 2.14. The van der Waals surface area contributed by atoms with Crippen LogP contribution in [0.5, 0.6) is 5.75 Å². The van der Waals surface area contributed by atoms with E-state index in [9.17, 15) is 8.42 Å². The highest BCUT2D eigenvalue weighted by atomic mass is 79.9. The van der Waals surface area contributed by atoms with Gasteiger partial charge in [0.05, 0.1) is 11.7 Å². The van der Waals surface area contributed by atoms with Gasteiger partial charge in [-0.3, -0.25) is 9.54 Å². The molecule has 20 heavy (non-hydrogen) atoms. The molecule has 0 aliphatic heterocycles. The number of nitrogens with zero attached hydrogens (tertiary/aromatic N) is 1. The van der Waals surface area contributed by atoms with Crippen LogP contribution in [0.15, 0.2) is 34.9 Å². The third-order valence-corrected chi connectivity index (χ3v) is 4.59. The van der Waals surface area contributed by atoms with E-state index in [2.05, 4.69) is 20.9 Å². The standard InChI is InChI=1S/C13H12BrNO4S/c14-10-1-2-12-9(5-10)6-11(7-15-12)19-13(3-4-13)8-20(16,17)18/h1-2,5-7H,3-4,8H2,(H,16,17,18). The van der Waals surface area contributed by atoms with Gasteiger partial charge in [0.2, 0.25) is 0 Å². The second-order valence-electron chi connectivity index (χ2n) is 5.02. The summed E-state index contributed by atoms with van der Waals surface area (Å²) < 4.78 is 37.6. The Bertz CT molecular complexity index is 771. The molecule has 106 valence electrons. The molecule has 0 saturated heterocycles. The van der Waals surface area contributed by atoms with Gasteiger partial charge in [-0.25, -0.2) is 0 Å². The van der Waals surface area contributed by atoms with E-state index < -0.39 is 15.7 Å². The number of hydrogen-bond acceptors (Lipinski definition) is 4. The smallest absolute Gasteiger partial charge is 0.268 e. The molecule has 0 spiro atoms. The SMILES string of the molecule is O=S(=O)(O)CC1(Oc2cnc3ccc(Br)cc3c2)CC1. The van der Waals surface area contributed by atoms with Crippen molar-refractivity contribution in [2.75, 3.05) is 5.75 Å². The Labute approximate surface area is 124 Å². The van der Waals surface area contributed by atoms with Crippen molar-refractivity contribution in [3.8, 4) is 5.75 Å². The molecular weight excluding hydrogens is 346 g/mol. The molecule has 0 bridgehead atoms. The van der Waals surface area contributed by atoms with Crippen molar-refractivity contribution in [1.82, 2.24) is 4.98 Å². The first-order valence-corrected chi connectivity index (χ1v) is 8.45. The summed E-state index contributed by atoms with van der Waals surface area (Å²) in [4.78, 5) is 4.27. The monoisotopic (exact) mass is 357 g/mol. The lowest BCUT2D eigenvalue weighted by Gasteiger charge is -2.16. The molecule has 1 heterocycles. The summed E-state index contributed by atoms with van der Waals surface area (Å²) in [6.45, 7) is 0. The van der Waals surface area contributed by atoms with Crippen molar-refractivity contribution in [1.29, 1.82) is 0 Å². The summed E-state index contributed by atoms with van der Waals surface area (Å²) >= 11 is 3.39. The lowest BCUT2D eigenvalue weighted by atomic mass is 10.2. The van der Waals surface area contributed by atoms with Crippen LogP contribution in [0.2, 0.25) is 0 Å². The number of hydrogen-bond donors (Lipinski definition) is 1. The minimum atomic E-state index is -4.04. The molecule has 1 N–H and O–H groups in total. The maximum Gasteiger partial charge on any atom is 0.268 e. The molecular formula is C13H12BrNO4S. The van der Waals surface area contributed by atoms with Gasteiger partial charge in [0.1, 0.15) is 17.1 Å². The highest BCUT2D eigenvalue weighted by Gasteiger charge is 2.49. The molecule has 1 saturated carbocycles. The van der Waals surface area contributed by atoms with E-state index in [4.69, 9.17) is 9.29 Å². The van der Waals surface area contributed by atoms with Crippen molar-refractivity contribution >= 4 is 37.0 Å². The van der Waals surface area contributed by atoms with Gasteiger partial charge in [-0.15, -0.1) is 0 Å². The maximum absolute atomic E-state index is 11.0. The summed E-state index contributed by atoms with van der Waals surface area (Å²) in [6, 6.07) is 7.51. The first kappa shape index (κ1) is 13.8. The molecule has 1 aliphatic rings. The van der Waals surface area contributed by atoms with E-state index in [1.165, 1.54) is 0 Å². The number of benzene rings is 1. The van der Waals surface area contributed by atoms with Crippen molar-refractivity contribution in [2.24, 2.45) is 0 Å². The normalized spacial score (nSPS) is 17.1. The Morgan fingerprint density at radius 3 is 2.75 bits per heavy atom. The fraction of sp³-hybridized carbons (Fsp3) is 0.308. The Morgan fingerprint density at radius 1 is 1.35 bits per heavy atom. The van der Waals surface area contributed by atoms with Crippen LogP contribution < -0.4 is 4.74 Å². The molecule has 1 fully saturated rings. The fourth-order valence-corrected chi connectivity index (χ4v) is 3.53. The van der Waals surface area contributed by atoms with Gasteiger partial charge in [0, 0.05) is 9.86 Å². The Morgan fingerprint density at radius 2 is 2.10 bits per heavy atom. The van der Waals surface area contributed by atoms with Gasteiger partial charge in [-0.2, -0.15) is 8.42 Å². The maximum atomic E-state index is 11.0. The van der Waals surface area contributed by atoms with Crippen molar-refractivity contribution < 1.29 is 17.7 Å². The zero-order valence-electron chi connectivity index (χ0n) is 10.4. The van der Waals surface area contributed by atoms with Crippen LogP contribution in [-0.2, 0) is 10.1 Å². The molecule has 7 heteroatoms. The largest absolute Gasteiger partial charge is 0.484 e. The molecule has 0 atom stereocenters. The predicted octanol–water partition coefficient (Wildman–Crippen LogP) is 2.80. The van der Waals surface area contributed by atoms with Crippen LogP contribution in [-0.4, -0.2) is 29.3 Å². The quantitative estimate of drug-likeness (QED) is 0.851. The van der Waals surface area contributed by atoms with Crippen LogP contribution in [0, 0.1) is 0 Å². The third kappa shape index (κ3) is 3.11. The molecule has 0 radical (unpaired) electrons. The van der Waals surface area contributed by atoms with Crippen LogP contribution >= 0.6 is 15.9 Å². The molecule has 1 aromatic carbocycles. The number of aromatic nitrogens is 1. The van der Waals surface area contributed by atoms with Gasteiger partial charge >= 0.3 is 0 Å². The van der Waals surface area contributed by atoms with Gasteiger partial charge in [0.15, 0.2) is 0 Å². The van der Waals surface area contributed by atoms with Crippen molar-refractivity contribution in [2.45, 2.75) is 18.4 Å². The molecule has 1 aromatic heterocycles. The highest BCUT2D eigenvalue weighted by Crippen LogP contribution is 2.41. The minimum absolute atomic E-state index is 0.378. The van der Waals surface area contributed by atoms with Gasteiger partial charge in [-0.1, -0.05) is 15.9 Å². The number of pyridine rings is 1. The summed E-state index contributed by atoms with van der Waals surface area (Å²) in [6.07, 6.45) is 2.80. The van der Waals surface area contributed by atoms with Gasteiger partial charge in [-0.05, 0) is 37.1 Å². The second-order valence-corrected chi connectivity index (χ2v) is 7.39. The molecule has 0 unspecified atom stereocenters. The Balaban J connectivity index is 1.88. The molecule has 3 rings (SSSR count). The predicted molar refractivity (Wildman–Crippen MR) is 78.5 cm³/mol. The van der Waals surface area contributed by atoms with Crippen molar-refractivity contribution in [3.05, 3.63) is 34.9 Å². The van der Waals surface area contributed by atoms with E-state index >= 15 is 0 Å². The minimum Gasteiger partial charge on any atom is -0.484 e. The molecule has 1 aliphatic carbocycles. The lowest BCUT2D eigenvalue weighted by molar-refractivity contribution is 0.199. The number of rotatable bonds is 4. The molecule has 2 aromatic rings.